The standard InChI is InChI=1S/C23H27NO5/c1-27-19-7-9-20(10-8-19)29-14-4-3-5-22(25)24-13-12-18-15-17(6-11-21(18)24)16-23(26)28-2/h6-11,15H,3-5,12-14,16H2,1-2H3/i22+1. The first-order chi connectivity index (χ1) is 14.1. The van der Waals surface area contributed by atoms with Gasteiger partial charge in [0.25, 0.3) is 0 Å². The van der Waals surface area contributed by atoms with Crippen molar-refractivity contribution in [1.29, 1.82) is 0 Å². The number of esters is 1. The highest BCUT2D eigenvalue weighted by molar-refractivity contribution is 5.95. The molecule has 0 fully saturated rings. The Hall–Kier alpha value is -3.02. The van der Waals surface area contributed by atoms with Gasteiger partial charge < -0.3 is 19.1 Å². The molecule has 154 valence electrons. The van der Waals surface area contributed by atoms with Gasteiger partial charge in [-0.3, -0.25) is 9.59 Å². The van der Waals surface area contributed by atoms with Gasteiger partial charge in [-0.05, 0) is 60.7 Å². The van der Waals surface area contributed by atoms with Crippen LogP contribution in [-0.2, 0) is 27.2 Å². The van der Waals surface area contributed by atoms with Crippen LogP contribution in [0.5, 0.6) is 11.5 Å². The predicted molar refractivity (Wildman–Crippen MR) is 111 cm³/mol. The van der Waals surface area contributed by atoms with Crippen molar-refractivity contribution < 1.29 is 23.8 Å². The molecule has 3 rings (SSSR count). The van der Waals surface area contributed by atoms with Crippen molar-refractivity contribution in [2.45, 2.75) is 32.1 Å². The molecule has 0 saturated carbocycles. The zero-order valence-corrected chi connectivity index (χ0v) is 17.0. The van der Waals surface area contributed by atoms with Crippen LogP contribution in [0.4, 0.5) is 5.69 Å². The van der Waals surface area contributed by atoms with Gasteiger partial charge in [0.2, 0.25) is 5.91 Å². The van der Waals surface area contributed by atoms with Crippen LogP contribution in [0.15, 0.2) is 42.5 Å². The summed E-state index contributed by atoms with van der Waals surface area (Å²) < 4.78 is 15.5. The first-order valence-corrected chi connectivity index (χ1v) is 9.86. The Bertz CT molecular complexity index is 847. The highest BCUT2D eigenvalue weighted by atomic mass is 16.5. The van der Waals surface area contributed by atoms with Crippen LogP contribution in [0.25, 0.3) is 0 Å². The van der Waals surface area contributed by atoms with Gasteiger partial charge >= 0.3 is 5.97 Å². The number of unbranched alkanes of at least 4 members (excludes halogenated alkanes) is 1. The number of amides is 1. The van der Waals surface area contributed by atoms with Crippen LogP contribution in [0.2, 0.25) is 0 Å². The highest BCUT2D eigenvalue weighted by Gasteiger charge is 2.24. The van der Waals surface area contributed by atoms with Crippen LogP contribution in [0, 0.1) is 0 Å². The van der Waals surface area contributed by atoms with Crippen LogP contribution < -0.4 is 14.4 Å². The number of anilines is 1. The van der Waals surface area contributed by atoms with Gasteiger partial charge in [-0.2, -0.15) is 0 Å². The maximum Gasteiger partial charge on any atom is 0.309 e. The minimum absolute atomic E-state index is 0.133. The third-order valence-electron chi connectivity index (χ3n) is 5.03. The van der Waals surface area contributed by atoms with Gasteiger partial charge in [0.1, 0.15) is 11.5 Å². The molecular formula is C23H27NO5. The Labute approximate surface area is 171 Å². The molecule has 6 nitrogen and oxygen atoms in total. The number of ether oxygens (including phenoxy) is 3. The fourth-order valence-corrected chi connectivity index (χ4v) is 3.44. The lowest BCUT2D eigenvalue weighted by molar-refractivity contribution is -0.139. The largest absolute Gasteiger partial charge is 0.497 e. The molecule has 0 radical (unpaired) electrons. The second-order valence-corrected chi connectivity index (χ2v) is 6.99. The van der Waals surface area contributed by atoms with Crippen LogP contribution in [0.1, 0.15) is 30.4 Å². The van der Waals surface area contributed by atoms with E-state index in [0.717, 1.165) is 47.6 Å². The van der Waals surface area contributed by atoms with Crippen molar-refractivity contribution in [3.63, 3.8) is 0 Å². The Kier molecular flexibility index (Phi) is 7.11. The van der Waals surface area contributed by atoms with Gasteiger partial charge in [-0.25, -0.2) is 0 Å². The number of benzene rings is 2. The summed E-state index contributed by atoms with van der Waals surface area (Å²) in [5, 5.41) is 0. The minimum Gasteiger partial charge on any atom is -0.497 e. The van der Waals surface area contributed by atoms with Crippen molar-refractivity contribution in [2.75, 3.05) is 32.3 Å². The number of fused-ring (bicyclic) bond motifs is 1. The summed E-state index contributed by atoms with van der Waals surface area (Å²) in [5.41, 5.74) is 2.99. The van der Waals surface area contributed by atoms with Crippen molar-refractivity contribution in [1.82, 2.24) is 0 Å². The summed E-state index contributed by atoms with van der Waals surface area (Å²) in [4.78, 5) is 25.9. The molecule has 1 amide bonds. The van der Waals surface area contributed by atoms with E-state index in [9.17, 15) is 9.59 Å². The Morgan fingerprint density at radius 2 is 1.76 bits per heavy atom. The van der Waals surface area contributed by atoms with E-state index in [1.807, 2.05) is 47.4 Å². The third-order valence-corrected chi connectivity index (χ3v) is 5.03. The van der Waals surface area contributed by atoms with E-state index in [4.69, 9.17) is 14.2 Å². The maximum absolute atomic E-state index is 12.6. The van der Waals surface area contributed by atoms with E-state index >= 15 is 0 Å². The normalized spacial score (nSPS) is 12.4. The predicted octanol–water partition coefficient (Wildman–Crippen LogP) is 3.55. The van der Waals surface area contributed by atoms with E-state index in [0.29, 0.717) is 19.6 Å². The van der Waals surface area contributed by atoms with Crippen molar-refractivity contribution in [3.8, 4) is 11.5 Å². The molecule has 2 aromatic carbocycles. The average Bonchev–Trinajstić information content (AvgIpc) is 3.17. The summed E-state index contributed by atoms with van der Waals surface area (Å²) in [6.45, 7) is 1.27. The Morgan fingerprint density at radius 3 is 2.48 bits per heavy atom. The SMILES string of the molecule is COC(=O)Cc1ccc2c(c1)CCN2[13C](=O)CCCCOc1ccc(OC)cc1. The van der Waals surface area contributed by atoms with Crippen molar-refractivity contribution >= 4 is 17.6 Å². The van der Waals surface area contributed by atoms with Crippen LogP contribution in [-0.4, -0.2) is 39.2 Å². The summed E-state index contributed by atoms with van der Waals surface area (Å²) in [7, 11) is 3.02. The van der Waals surface area contributed by atoms with Gasteiger partial charge in [-0.1, -0.05) is 12.1 Å². The molecule has 1 aliphatic heterocycles. The number of carbonyl (C=O) groups is 2. The monoisotopic (exact) mass is 398 g/mol. The van der Waals surface area contributed by atoms with Gasteiger partial charge in [-0.15, -0.1) is 0 Å². The summed E-state index contributed by atoms with van der Waals surface area (Å²) >= 11 is 0. The number of rotatable bonds is 9. The molecule has 0 saturated heterocycles. The van der Waals surface area contributed by atoms with Gasteiger partial charge in [0.05, 0.1) is 27.2 Å². The molecule has 1 aliphatic rings. The second kappa shape index (κ2) is 9.96. The third kappa shape index (κ3) is 5.50. The molecule has 29 heavy (non-hydrogen) atoms. The number of methoxy groups -OCH3 is 2. The molecule has 0 aromatic heterocycles. The number of carbonyl (C=O) groups excluding carboxylic acids is 2. The minimum atomic E-state index is -0.257. The summed E-state index contributed by atoms with van der Waals surface area (Å²) in [6, 6.07) is 13.3. The first kappa shape index (κ1) is 20.7. The second-order valence-electron chi connectivity index (χ2n) is 6.99. The molecular weight excluding hydrogens is 371 g/mol. The molecule has 0 atom stereocenters. The fraction of sp³-hybridized carbons (Fsp3) is 0.391. The lowest BCUT2D eigenvalue weighted by Gasteiger charge is -2.17. The molecule has 0 spiro atoms. The lowest BCUT2D eigenvalue weighted by atomic mass is 10.1. The number of nitrogens with zero attached hydrogens (tertiary/aromatic N) is 1. The zero-order valence-electron chi connectivity index (χ0n) is 17.0. The molecule has 2 aromatic rings. The van der Waals surface area contributed by atoms with Crippen molar-refractivity contribution in [2.24, 2.45) is 0 Å². The van der Waals surface area contributed by atoms with Gasteiger partial charge in [0, 0.05) is 18.7 Å². The van der Waals surface area contributed by atoms with E-state index in [-0.39, 0.29) is 18.3 Å². The zero-order chi connectivity index (χ0) is 20.6. The quantitative estimate of drug-likeness (QED) is 0.367. The Balaban J connectivity index is 1.43. The highest BCUT2D eigenvalue weighted by Crippen LogP contribution is 2.30. The maximum atomic E-state index is 12.6. The molecule has 1 heterocycles. The first-order valence-electron chi connectivity index (χ1n) is 9.86. The van der Waals surface area contributed by atoms with Crippen LogP contribution >= 0.6 is 0 Å². The van der Waals surface area contributed by atoms with E-state index in [1.54, 1.807) is 7.11 Å². The lowest BCUT2D eigenvalue weighted by Crippen LogP contribution is -2.28. The molecule has 0 aliphatic carbocycles. The molecule has 0 bridgehead atoms. The smallest absolute Gasteiger partial charge is 0.309 e. The molecule has 6 heteroatoms. The fourth-order valence-electron chi connectivity index (χ4n) is 3.44. The average molecular weight is 398 g/mol. The topological polar surface area (TPSA) is 65.1 Å². The number of hydrogen-bond donors (Lipinski definition) is 0. The van der Waals surface area contributed by atoms with E-state index in [1.165, 1.54) is 7.11 Å². The summed E-state index contributed by atoms with van der Waals surface area (Å²) in [5.74, 6) is 1.47. The van der Waals surface area contributed by atoms with Crippen molar-refractivity contribution in [3.05, 3.63) is 53.6 Å². The van der Waals surface area contributed by atoms with E-state index < -0.39 is 0 Å². The van der Waals surface area contributed by atoms with E-state index in [2.05, 4.69) is 0 Å². The van der Waals surface area contributed by atoms with Crippen LogP contribution in [0.3, 0.4) is 0 Å². The Morgan fingerprint density at radius 1 is 1.00 bits per heavy atom. The number of hydrogen-bond acceptors (Lipinski definition) is 5. The summed E-state index contributed by atoms with van der Waals surface area (Å²) in [6.07, 6.45) is 3.16. The molecule has 0 unspecified atom stereocenters. The van der Waals surface area contributed by atoms with Gasteiger partial charge in [0.15, 0.2) is 0 Å². The molecule has 0 N–H and O–H groups in total.